The minimum atomic E-state index is -0.366. The van der Waals surface area contributed by atoms with Gasteiger partial charge in [-0.25, -0.2) is 4.39 Å². The number of aryl methyl sites for hydroxylation is 1. The Hall–Kier alpha value is -1.68. The molecule has 0 aliphatic rings. The highest BCUT2D eigenvalue weighted by Gasteiger charge is 2.15. The molecule has 4 heteroatoms. The molecule has 2 N–H and O–H groups in total. The molecule has 1 aromatic carbocycles. The van der Waals surface area contributed by atoms with Crippen molar-refractivity contribution >= 4 is 0 Å². The molecule has 0 saturated heterocycles. The summed E-state index contributed by atoms with van der Waals surface area (Å²) < 4.78 is 16.1. The minimum absolute atomic E-state index is 0.204. The van der Waals surface area contributed by atoms with Gasteiger partial charge in [-0.05, 0) is 31.4 Å². The van der Waals surface area contributed by atoms with Crippen molar-refractivity contribution in [1.29, 1.82) is 0 Å². The van der Waals surface area contributed by atoms with Crippen LogP contribution in [0.4, 0.5) is 4.39 Å². The van der Waals surface area contributed by atoms with E-state index in [0.717, 1.165) is 18.5 Å². The Morgan fingerprint density at radius 2 is 1.95 bits per heavy atom. The summed E-state index contributed by atoms with van der Waals surface area (Å²) in [7, 11) is 0. The molecule has 2 rings (SSSR count). The van der Waals surface area contributed by atoms with E-state index in [9.17, 15) is 4.39 Å². The van der Waals surface area contributed by atoms with Crippen molar-refractivity contribution in [2.45, 2.75) is 52.1 Å². The molecule has 2 aromatic rings. The number of halogens is 1. The topological polar surface area (TPSA) is 43.8 Å². The van der Waals surface area contributed by atoms with Crippen LogP contribution in [-0.2, 0) is 6.42 Å². The SMILES string of the molecule is CCC(CC)n1ccc(CC(N)c2cccc(C)c2F)n1. The second-order valence-corrected chi connectivity index (χ2v) is 5.55. The van der Waals surface area contributed by atoms with Crippen molar-refractivity contribution in [1.82, 2.24) is 9.78 Å². The molecule has 0 bridgehead atoms. The molecule has 1 aromatic heterocycles. The molecule has 1 atom stereocenters. The maximum atomic E-state index is 14.1. The lowest BCUT2D eigenvalue weighted by atomic mass is 10.0. The Bertz CT molecular complexity index is 587. The van der Waals surface area contributed by atoms with Gasteiger partial charge in [-0.15, -0.1) is 0 Å². The fraction of sp³-hybridized carbons (Fsp3) is 0.471. The number of nitrogens with two attached hydrogens (primary N) is 1. The molecule has 0 radical (unpaired) electrons. The van der Waals surface area contributed by atoms with Gasteiger partial charge in [0.15, 0.2) is 0 Å². The lowest BCUT2D eigenvalue weighted by molar-refractivity contribution is 0.424. The first-order valence-corrected chi connectivity index (χ1v) is 7.61. The van der Waals surface area contributed by atoms with Crippen molar-refractivity contribution in [3.8, 4) is 0 Å². The van der Waals surface area contributed by atoms with E-state index in [2.05, 4.69) is 18.9 Å². The normalized spacial score (nSPS) is 12.9. The summed E-state index contributed by atoms with van der Waals surface area (Å²) in [6.07, 6.45) is 4.65. The Morgan fingerprint density at radius 1 is 1.24 bits per heavy atom. The van der Waals surface area contributed by atoms with Gasteiger partial charge in [0.2, 0.25) is 0 Å². The van der Waals surface area contributed by atoms with Crippen LogP contribution in [0.1, 0.15) is 55.6 Å². The van der Waals surface area contributed by atoms with Crippen molar-refractivity contribution in [3.63, 3.8) is 0 Å². The highest BCUT2D eigenvalue weighted by molar-refractivity contribution is 5.28. The number of nitrogens with zero attached hydrogens (tertiary/aromatic N) is 2. The van der Waals surface area contributed by atoms with Gasteiger partial charge < -0.3 is 5.73 Å². The van der Waals surface area contributed by atoms with E-state index in [1.807, 2.05) is 23.0 Å². The first-order chi connectivity index (χ1) is 10.1. The molecular weight excluding hydrogens is 265 g/mol. The Labute approximate surface area is 126 Å². The number of aromatic nitrogens is 2. The number of benzene rings is 1. The van der Waals surface area contributed by atoms with Crippen LogP contribution >= 0.6 is 0 Å². The third-order valence-electron chi connectivity index (χ3n) is 4.03. The van der Waals surface area contributed by atoms with E-state index in [4.69, 9.17) is 5.73 Å². The van der Waals surface area contributed by atoms with E-state index in [-0.39, 0.29) is 11.9 Å². The fourth-order valence-corrected chi connectivity index (χ4v) is 2.64. The number of hydrogen-bond acceptors (Lipinski definition) is 2. The molecule has 0 spiro atoms. The van der Waals surface area contributed by atoms with E-state index in [0.29, 0.717) is 23.6 Å². The predicted octanol–water partition coefficient (Wildman–Crippen LogP) is 3.93. The molecule has 0 fully saturated rings. The van der Waals surface area contributed by atoms with Crippen LogP contribution in [-0.4, -0.2) is 9.78 Å². The Kier molecular flexibility index (Phi) is 5.12. The standard InChI is InChI=1S/C17H24FN3/c1-4-14(5-2)21-10-9-13(20-21)11-16(19)15-8-6-7-12(3)17(15)18/h6-10,14,16H,4-5,11,19H2,1-3H3. The summed E-state index contributed by atoms with van der Waals surface area (Å²) in [6.45, 7) is 6.07. The summed E-state index contributed by atoms with van der Waals surface area (Å²) in [6, 6.07) is 7.39. The predicted molar refractivity (Wildman–Crippen MR) is 83.6 cm³/mol. The van der Waals surface area contributed by atoms with E-state index < -0.39 is 0 Å². The van der Waals surface area contributed by atoms with Crippen molar-refractivity contribution < 1.29 is 4.39 Å². The molecular formula is C17H24FN3. The molecule has 0 aliphatic heterocycles. The van der Waals surface area contributed by atoms with Crippen LogP contribution < -0.4 is 5.73 Å². The summed E-state index contributed by atoms with van der Waals surface area (Å²) >= 11 is 0. The van der Waals surface area contributed by atoms with Gasteiger partial charge in [0, 0.05) is 24.2 Å². The Balaban J connectivity index is 2.13. The summed E-state index contributed by atoms with van der Waals surface area (Å²) in [5, 5.41) is 4.58. The van der Waals surface area contributed by atoms with Crippen molar-refractivity contribution in [3.05, 3.63) is 53.1 Å². The maximum Gasteiger partial charge on any atom is 0.130 e. The lowest BCUT2D eigenvalue weighted by Crippen LogP contribution is -2.16. The molecule has 114 valence electrons. The molecule has 0 saturated carbocycles. The first kappa shape index (κ1) is 15.7. The number of rotatable bonds is 6. The molecule has 0 amide bonds. The molecule has 3 nitrogen and oxygen atoms in total. The zero-order chi connectivity index (χ0) is 15.4. The van der Waals surface area contributed by atoms with Crippen molar-refractivity contribution in [2.24, 2.45) is 5.73 Å². The van der Waals surface area contributed by atoms with Gasteiger partial charge in [0.25, 0.3) is 0 Å². The monoisotopic (exact) mass is 289 g/mol. The highest BCUT2D eigenvalue weighted by atomic mass is 19.1. The van der Waals surface area contributed by atoms with Gasteiger partial charge in [-0.1, -0.05) is 32.0 Å². The van der Waals surface area contributed by atoms with Gasteiger partial charge in [0.05, 0.1) is 11.7 Å². The zero-order valence-corrected chi connectivity index (χ0v) is 13.0. The van der Waals surface area contributed by atoms with Crippen LogP contribution in [0.15, 0.2) is 30.5 Å². The third-order valence-corrected chi connectivity index (χ3v) is 4.03. The summed E-state index contributed by atoms with van der Waals surface area (Å²) in [5.74, 6) is -0.204. The van der Waals surface area contributed by atoms with Crippen LogP contribution in [0, 0.1) is 12.7 Å². The molecule has 1 unspecified atom stereocenters. The quantitative estimate of drug-likeness (QED) is 0.875. The number of hydrogen-bond donors (Lipinski definition) is 1. The molecule has 0 aliphatic carbocycles. The van der Waals surface area contributed by atoms with Crippen LogP contribution in [0.25, 0.3) is 0 Å². The molecule has 21 heavy (non-hydrogen) atoms. The lowest BCUT2D eigenvalue weighted by Gasteiger charge is -2.14. The van der Waals surface area contributed by atoms with Gasteiger partial charge in [-0.3, -0.25) is 4.68 Å². The first-order valence-electron chi connectivity index (χ1n) is 7.61. The van der Waals surface area contributed by atoms with Crippen LogP contribution in [0.3, 0.4) is 0 Å². The van der Waals surface area contributed by atoms with E-state index >= 15 is 0 Å². The van der Waals surface area contributed by atoms with Crippen LogP contribution in [0.5, 0.6) is 0 Å². The van der Waals surface area contributed by atoms with Crippen LogP contribution in [0.2, 0.25) is 0 Å². The van der Waals surface area contributed by atoms with Gasteiger partial charge in [-0.2, -0.15) is 5.10 Å². The average Bonchev–Trinajstić information content (AvgIpc) is 2.91. The summed E-state index contributed by atoms with van der Waals surface area (Å²) in [5.41, 5.74) is 8.26. The largest absolute Gasteiger partial charge is 0.324 e. The van der Waals surface area contributed by atoms with E-state index in [1.165, 1.54) is 0 Å². The van der Waals surface area contributed by atoms with Crippen molar-refractivity contribution in [2.75, 3.05) is 0 Å². The van der Waals surface area contributed by atoms with E-state index in [1.54, 1.807) is 19.1 Å². The summed E-state index contributed by atoms with van der Waals surface area (Å²) in [4.78, 5) is 0. The second kappa shape index (κ2) is 6.85. The Morgan fingerprint density at radius 3 is 2.62 bits per heavy atom. The fourth-order valence-electron chi connectivity index (χ4n) is 2.64. The highest BCUT2D eigenvalue weighted by Crippen LogP contribution is 2.22. The third kappa shape index (κ3) is 3.50. The zero-order valence-electron chi connectivity index (χ0n) is 13.0. The van der Waals surface area contributed by atoms with Gasteiger partial charge >= 0.3 is 0 Å². The maximum absolute atomic E-state index is 14.1. The molecule has 1 heterocycles. The second-order valence-electron chi connectivity index (χ2n) is 5.55. The smallest absolute Gasteiger partial charge is 0.130 e. The average molecular weight is 289 g/mol. The minimum Gasteiger partial charge on any atom is -0.324 e. The van der Waals surface area contributed by atoms with Gasteiger partial charge in [0.1, 0.15) is 5.82 Å².